The first-order valence-corrected chi connectivity index (χ1v) is 4.63. The number of nitrogens with one attached hydrogen (secondary N) is 2. The summed E-state index contributed by atoms with van der Waals surface area (Å²) in [4.78, 5) is 15.2. The van der Waals surface area contributed by atoms with Gasteiger partial charge in [0.05, 0.1) is 5.69 Å². The van der Waals surface area contributed by atoms with Gasteiger partial charge < -0.3 is 10.6 Å². The van der Waals surface area contributed by atoms with Crippen LogP contribution in [0.2, 0.25) is 0 Å². The lowest BCUT2D eigenvalue weighted by Crippen LogP contribution is -2.24. The summed E-state index contributed by atoms with van der Waals surface area (Å²) >= 11 is 0. The fourth-order valence-corrected chi connectivity index (χ4v) is 1.42. The number of pyridine rings is 1. The summed E-state index contributed by atoms with van der Waals surface area (Å²) in [5.74, 6) is 0. The van der Waals surface area contributed by atoms with Crippen molar-refractivity contribution in [1.29, 1.82) is 0 Å². The zero-order chi connectivity index (χ0) is 10.7. The third-order valence-corrected chi connectivity index (χ3v) is 2.16. The third-order valence-electron chi connectivity index (χ3n) is 2.16. The first-order valence-electron chi connectivity index (χ1n) is 4.63. The average molecular weight is 201 g/mol. The molecule has 0 aliphatic heterocycles. The Balaban J connectivity index is 2.46. The highest BCUT2D eigenvalue weighted by Gasteiger charge is 2.02. The second-order valence-electron chi connectivity index (χ2n) is 3.11. The van der Waals surface area contributed by atoms with Crippen LogP contribution in [0.25, 0.3) is 10.8 Å². The van der Waals surface area contributed by atoms with Crippen molar-refractivity contribution in [1.82, 2.24) is 10.3 Å². The topological polar surface area (TPSA) is 54.0 Å². The number of carbonyl (C=O) groups excluding carboxylic acids is 1. The molecule has 2 rings (SSSR count). The molecule has 1 heterocycles. The van der Waals surface area contributed by atoms with E-state index in [0.717, 1.165) is 16.5 Å². The van der Waals surface area contributed by atoms with E-state index in [1.54, 1.807) is 19.4 Å². The molecular formula is C11H11N3O. The molecule has 0 aliphatic carbocycles. The summed E-state index contributed by atoms with van der Waals surface area (Å²) in [5, 5.41) is 7.26. The number of rotatable bonds is 1. The molecule has 4 nitrogen and oxygen atoms in total. The normalized spacial score (nSPS) is 9.93. The monoisotopic (exact) mass is 201 g/mol. The Bertz CT molecular complexity index is 491. The Hall–Kier alpha value is -2.10. The van der Waals surface area contributed by atoms with Gasteiger partial charge in [0.2, 0.25) is 0 Å². The summed E-state index contributed by atoms with van der Waals surface area (Å²) in [7, 11) is 1.59. The zero-order valence-electron chi connectivity index (χ0n) is 8.32. The number of carbonyl (C=O) groups is 1. The average Bonchev–Trinajstić information content (AvgIpc) is 2.29. The van der Waals surface area contributed by atoms with E-state index in [0.29, 0.717) is 0 Å². The van der Waals surface area contributed by atoms with Gasteiger partial charge in [-0.05, 0) is 12.1 Å². The fourth-order valence-electron chi connectivity index (χ4n) is 1.42. The molecule has 76 valence electrons. The minimum Gasteiger partial charge on any atom is -0.341 e. The van der Waals surface area contributed by atoms with Gasteiger partial charge in [0, 0.05) is 30.2 Å². The Morgan fingerprint density at radius 1 is 1.33 bits per heavy atom. The molecule has 2 N–H and O–H groups in total. The van der Waals surface area contributed by atoms with Crippen molar-refractivity contribution in [2.75, 3.05) is 12.4 Å². The largest absolute Gasteiger partial charge is 0.341 e. The molecule has 0 saturated carbocycles. The molecule has 15 heavy (non-hydrogen) atoms. The van der Waals surface area contributed by atoms with Crippen molar-refractivity contribution in [2.45, 2.75) is 0 Å². The highest BCUT2D eigenvalue weighted by molar-refractivity contribution is 6.01. The molecular weight excluding hydrogens is 190 g/mol. The fraction of sp³-hybridized carbons (Fsp3) is 0.0909. The van der Waals surface area contributed by atoms with Gasteiger partial charge in [-0.3, -0.25) is 4.98 Å². The van der Waals surface area contributed by atoms with Crippen molar-refractivity contribution in [2.24, 2.45) is 0 Å². The van der Waals surface area contributed by atoms with Crippen molar-refractivity contribution in [3.63, 3.8) is 0 Å². The van der Waals surface area contributed by atoms with Crippen LogP contribution < -0.4 is 10.6 Å². The molecule has 1 aromatic heterocycles. The highest BCUT2D eigenvalue weighted by atomic mass is 16.2. The van der Waals surface area contributed by atoms with Crippen molar-refractivity contribution in [3.05, 3.63) is 36.7 Å². The quantitative estimate of drug-likeness (QED) is 0.741. The lowest BCUT2D eigenvalue weighted by Gasteiger charge is -2.07. The number of amides is 2. The number of anilines is 1. The van der Waals surface area contributed by atoms with E-state index in [1.807, 2.05) is 24.3 Å². The van der Waals surface area contributed by atoms with E-state index in [-0.39, 0.29) is 6.03 Å². The van der Waals surface area contributed by atoms with Crippen LogP contribution in [0.4, 0.5) is 10.5 Å². The van der Waals surface area contributed by atoms with Crippen molar-refractivity contribution in [3.8, 4) is 0 Å². The zero-order valence-corrected chi connectivity index (χ0v) is 8.32. The number of fused-ring (bicyclic) bond motifs is 1. The van der Waals surface area contributed by atoms with Gasteiger partial charge in [-0.2, -0.15) is 0 Å². The lowest BCUT2D eigenvalue weighted by molar-refractivity contribution is 0.254. The van der Waals surface area contributed by atoms with Crippen LogP contribution in [-0.2, 0) is 0 Å². The maximum Gasteiger partial charge on any atom is 0.318 e. The lowest BCUT2D eigenvalue weighted by atomic mass is 10.1. The van der Waals surface area contributed by atoms with Crippen LogP contribution in [0.15, 0.2) is 36.7 Å². The minimum absolute atomic E-state index is 0.223. The molecule has 0 atom stereocenters. The summed E-state index contributed by atoms with van der Waals surface area (Å²) in [6.45, 7) is 0. The van der Waals surface area contributed by atoms with Gasteiger partial charge in [0.1, 0.15) is 0 Å². The second kappa shape index (κ2) is 3.96. The maximum atomic E-state index is 11.2. The molecule has 1 aromatic carbocycles. The molecule has 2 aromatic rings. The molecule has 0 saturated heterocycles. The molecule has 0 bridgehead atoms. The Labute approximate surface area is 87.3 Å². The molecule has 4 heteroatoms. The Kier molecular flexibility index (Phi) is 2.49. The van der Waals surface area contributed by atoms with Crippen LogP contribution in [0, 0.1) is 0 Å². The molecule has 0 aliphatic rings. The number of aromatic nitrogens is 1. The number of nitrogens with zero attached hydrogens (tertiary/aromatic N) is 1. The van der Waals surface area contributed by atoms with Gasteiger partial charge in [-0.15, -0.1) is 0 Å². The second-order valence-corrected chi connectivity index (χ2v) is 3.11. The van der Waals surface area contributed by atoms with Crippen LogP contribution in [0.3, 0.4) is 0 Å². The van der Waals surface area contributed by atoms with Crippen LogP contribution in [0.1, 0.15) is 0 Å². The van der Waals surface area contributed by atoms with E-state index < -0.39 is 0 Å². The van der Waals surface area contributed by atoms with Gasteiger partial charge in [-0.1, -0.05) is 12.1 Å². The van der Waals surface area contributed by atoms with Gasteiger partial charge in [-0.25, -0.2) is 4.79 Å². The number of hydrogen-bond acceptors (Lipinski definition) is 2. The number of benzene rings is 1. The summed E-state index contributed by atoms with van der Waals surface area (Å²) in [6, 6.07) is 7.35. The summed E-state index contributed by atoms with van der Waals surface area (Å²) in [6.07, 6.45) is 3.47. The molecule has 0 unspecified atom stereocenters. The summed E-state index contributed by atoms with van der Waals surface area (Å²) < 4.78 is 0. The van der Waals surface area contributed by atoms with E-state index in [2.05, 4.69) is 15.6 Å². The van der Waals surface area contributed by atoms with E-state index in [1.165, 1.54) is 0 Å². The highest BCUT2D eigenvalue weighted by Crippen LogP contribution is 2.21. The third kappa shape index (κ3) is 1.88. The first kappa shape index (κ1) is 9.45. The van der Waals surface area contributed by atoms with Crippen LogP contribution in [-0.4, -0.2) is 18.1 Å². The maximum absolute atomic E-state index is 11.2. The van der Waals surface area contributed by atoms with Crippen LogP contribution >= 0.6 is 0 Å². The predicted molar refractivity (Wildman–Crippen MR) is 59.8 cm³/mol. The Morgan fingerprint density at radius 2 is 2.20 bits per heavy atom. The van der Waals surface area contributed by atoms with E-state index in [4.69, 9.17) is 0 Å². The Morgan fingerprint density at radius 3 is 3.00 bits per heavy atom. The number of hydrogen-bond donors (Lipinski definition) is 2. The van der Waals surface area contributed by atoms with Crippen molar-refractivity contribution >= 4 is 22.5 Å². The number of urea groups is 1. The van der Waals surface area contributed by atoms with Gasteiger partial charge in [0.25, 0.3) is 0 Å². The van der Waals surface area contributed by atoms with E-state index >= 15 is 0 Å². The van der Waals surface area contributed by atoms with Gasteiger partial charge in [0.15, 0.2) is 0 Å². The smallest absolute Gasteiger partial charge is 0.318 e. The minimum atomic E-state index is -0.223. The molecule has 2 amide bonds. The standard InChI is InChI=1S/C11H11N3O/c1-12-11(15)14-10-4-2-3-8-7-13-6-5-9(8)10/h2-7H,1H3,(H2,12,14,15). The molecule has 0 spiro atoms. The van der Waals surface area contributed by atoms with Gasteiger partial charge >= 0.3 is 6.03 Å². The molecule has 0 radical (unpaired) electrons. The van der Waals surface area contributed by atoms with Crippen LogP contribution in [0.5, 0.6) is 0 Å². The molecule has 0 fully saturated rings. The predicted octanol–water partition coefficient (Wildman–Crippen LogP) is 1.99. The SMILES string of the molecule is CNC(=O)Nc1cccc2cnccc12. The van der Waals surface area contributed by atoms with Crippen molar-refractivity contribution < 1.29 is 4.79 Å². The summed E-state index contributed by atoms with van der Waals surface area (Å²) in [5.41, 5.74) is 0.786. The van der Waals surface area contributed by atoms with E-state index in [9.17, 15) is 4.79 Å². The first-order chi connectivity index (χ1) is 7.31.